The van der Waals surface area contributed by atoms with Crippen molar-refractivity contribution in [1.29, 1.82) is 0 Å². The van der Waals surface area contributed by atoms with E-state index in [2.05, 4.69) is 26.4 Å². The molecule has 19 heavy (non-hydrogen) atoms. The van der Waals surface area contributed by atoms with Crippen LogP contribution >= 0.6 is 27.5 Å². The Morgan fingerprint density at radius 2 is 2.26 bits per heavy atom. The molecule has 1 saturated carbocycles. The second-order valence-electron chi connectivity index (χ2n) is 5.20. The van der Waals surface area contributed by atoms with E-state index in [1.807, 2.05) is 19.1 Å². The largest absolute Gasteiger partial charge is 0.409 e. The molecular weight excluding hydrogens is 330 g/mol. The Labute approximate surface area is 126 Å². The number of nitrogens with one attached hydrogen (secondary N) is 1. The van der Waals surface area contributed by atoms with Crippen LogP contribution in [0, 0.1) is 12.3 Å². The summed E-state index contributed by atoms with van der Waals surface area (Å²) in [7, 11) is 0. The molecule has 0 heterocycles. The number of rotatable bonds is 5. The van der Waals surface area contributed by atoms with Gasteiger partial charge < -0.3 is 16.3 Å². The smallest absolute Gasteiger partial charge is 0.139 e. The van der Waals surface area contributed by atoms with Crippen molar-refractivity contribution in [2.75, 3.05) is 11.9 Å². The summed E-state index contributed by atoms with van der Waals surface area (Å²) in [5, 5.41) is 15.8. The Morgan fingerprint density at radius 1 is 1.58 bits per heavy atom. The minimum absolute atomic E-state index is 0.118. The van der Waals surface area contributed by atoms with Crippen molar-refractivity contribution in [3.63, 3.8) is 0 Å². The predicted molar refractivity (Wildman–Crippen MR) is 82.1 cm³/mol. The minimum atomic E-state index is 0.118. The van der Waals surface area contributed by atoms with Crippen LogP contribution in [0.3, 0.4) is 0 Å². The van der Waals surface area contributed by atoms with Crippen molar-refractivity contribution >= 4 is 39.1 Å². The summed E-state index contributed by atoms with van der Waals surface area (Å²) in [6.45, 7) is 2.76. The lowest BCUT2D eigenvalue weighted by Crippen LogP contribution is -2.23. The molecule has 0 unspecified atom stereocenters. The summed E-state index contributed by atoms with van der Waals surface area (Å²) < 4.78 is 0.994. The molecule has 4 N–H and O–H groups in total. The zero-order chi connectivity index (χ0) is 14.0. The van der Waals surface area contributed by atoms with Crippen molar-refractivity contribution in [2.45, 2.75) is 26.2 Å². The number of nitrogens with zero attached hydrogens (tertiary/aromatic N) is 1. The molecule has 1 fully saturated rings. The second-order valence-corrected chi connectivity index (χ2v) is 6.46. The molecule has 0 atom stereocenters. The van der Waals surface area contributed by atoms with E-state index in [-0.39, 0.29) is 5.41 Å². The molecule has 0 radical (unpaired) electrons. The number of hydrogen-bond donors (Lipinski definition) is 3. The van der Waals surface area contributed by atoms with Gasteiger partial charge in [-0.25, -0.2) is 0 Å². The lowest BCUT2D eigenvalue weighted by Gasteiger charge is -2.17. The summed E-state index contributed by atoms with van der Waals surface area (Å²) in [6, 6.07) is 3.91. The van der Waals surface area contributed by atoms with Crippen LogP contribution in [0.5, 0.6) is 0 Å². The molecule has 0 aliphatic heterocycles. The second kappa shape index (κ2) is 5.59. The fourth-order valence-corrected chi connectivity index (χ4v) is 2.84. The number of aryl methyl sites for hydroxylation is 1. The van der Waals surface area contributed by atoms with Crippen molar-refractivity contribution in [1.82, 2.24) is 0 Å². The number of amidine groups is 1. The molecule has 1 aromatic rings. The number of oxime groups is 1. The molecule has 1 aromatic carbocycles. The summed E-state index contributed by atoms with van der Waals surface area (Å²) in [4.78, 5) is 0. The molecule has 1 aliphatic rings. The monoisotopic (exact) mass is 345 g/mol. The first kappa shape index (κ1) is 14.5. The van der Waals surface area contributed by atoms with Gasteiger partial charge in [0.05, 0.1) is 0 Å². The van der Waals surface area contributed by atoms with Gasteiger partial charge in [-0.15, -0.1) is 0 Å². The Morgan fingerprint density at radius 3 is 2.84 bits per heavy atom. The fourth-order valence-electron chi connectivity index (χ4n) is 2.08. The van der Waals surface area contributed by atoms with Crippen LogP contribution in [0.1, 0.15) is 24.8 Å². The van der Waals surface area contributed by atoms with Crippen LogP contribution in [-0.2, 0) is 0 Å². The fraction of sp³-hybridized carbons (Fsp3) is 0.462. The maximum atomic E-state index is 8.64. The average molecular weight is 347 g/mol. The number of benzene rings is 1. The molecule has 6 heteroatoms. The van der Waals surface area contributed by atoms with Crippen LogP contribution in [0.4, 0.5) is 5.69 Å². The van der Waals surface area contributed by atoms with E-state index in [1.54, 1.807) is 0 Å². The van der Waals surface area contributed by atoms with Gasteiger partial charge in [-0.3, -0.25) is 0 Å². The van der Waals surface area contributed by atoms with Crippen molar-refractivity contribution in [3.05, 3.63) is 27.2 Å². The summed E-state index contributed by atoms with van der Waals surface area (Å²) in [5.74, 6) is 0.292. The predicted octanol–water partition coefficient (Wildman–Crippen LogP) is 3.74. The number of hydrogen-bond acceptors (Lipinski definition) is 3. The summed E-state index contributed by atoms with van der Waals surface area (Å²) >= 11 is 9.65. The van der Waals surface area contributed by atoms with Crippen LogP contribution in [0.2, 0.25) is 5.02 Å². The maximum absolute atomic E-state index is 8.64. The molecule has 1 aliphatic carbocycles. The van der Waals surface area contributed by atoms with Crippen molar-refractivity contribution < 1.29 is 5.21 Å². The molecule has 0 saturated heterocycles. The minimum Gasteiger partial charge on any atom is -0.409 e. The maximum Gasteiger partial charge on any atom is 0.139 e. The van der Waals surface area contributed by atoms with Crippen LogP contribution < -0.4 is 11.1 Å². The summed E-state index contributed by atoms with van der Waals surface area (Å²) in [5.41, 5.74) is 7.71. The molecule has 104 valence electrons. The van der Waals surface area contributed by atoms with Gasteiger partial charge in [0, 0.05) is 28.1 Å². The van der Waals surface area contributed by atoms with Gasteiger partial charge in [-0.05, 0) is 58.8 Å². The molecule has 0 spiro atoms. The highest BCUT2D eigenvalue weighted by atomic mass is 79.9. The lowest BCUT2D eigenvalue weighted by atomic mass is 10.0. The van der Waals surface area contributed by atoms with E-state index in [4.69, 9.17) is 22.5 Å². The molecule has 0 amide bonds. The normalized spacial score (nSPS) is 17.3. The van der Waals surface area contributed by atoms with Gasteiger partial charge in [-0.1, -0.05) is 16.8 Å². The lowest BCUT2D eigenvalue weighted by molar-refractivity contribution is 0.315. The average Bonchev–Trinajstić information content (AvgIpc) is 3.12. The van der Waals surface area contributed by atoms with Gasteiger partial charge >= 0.3 is 0 Å². The third-order valence-electron chi connectivity index (χ3n) is 3.54. The SMILES string of the molecule is Cc1cc(Br)c(NCC2(C/C(N)=N/O)CC2)cc1Cl. The zero-order valence-electron chi connectivity index (χ0n) is 10.7. The zero-order valence-corrected chi connectivity index (χ0v) is 13.1. The van der Waals surface area contributed by atoms with Gasteiger partial charge in [0.15, 0.2) is 0 Å². The molecule has 2 rings (SSSR count). The van der Waals surface area contributed by atoms with E-state index < -0.39 is 0 Å². The highest BCUT2D eigenvalue weighted by Crippen LogP contribution is 2.49. The first-order chi connectivity index (χ1) is 8.96. The third kappa shape index (κ3) is 3.54. The van der Waals surface area contributed by atoms with E-state index in [0.29, 0.717) is 12.3 Å². The van der Waals surface area contributed by atoms with E-state index in [0.717, 1.165) is 40.1 Å². The first-order valence-corrected chi connectivity index (χ1v) is 7.29. The number of halogens is 2. The molecule has 0 bridgehead atoms. The van der Waals surface area contributed by atoms with E-state index >= 15 is 0 Å². The molecule has 0 aromatic heterocycles. The summed E-state index contributed by atoms with van der Waals surface area (Å²) in [6.07, 6.45) is 2.80. The third-order valence-corrected chi connectivity index (χ3v) is 4.61. The quantitative estimate of drug-likeness (QED) is 0.329. The first-order valence-electron chi connectivity index (χ1n) is 6.12. The number of nitrogens with two attached hydrogens (primary N) is 1. The Kier molecular flexibility index (Phi) is 4.26. The van der Waals surface area contributed by atoms with E-state index in [1.165, 1.54) is 0 Å². The Bertz CT molecular complexity index is 515. The van der Waals surface area contributed by atoms with Gasteiger partial charge in [0.25, 0.3) is 0 Å². The number of anilines is 1. The van der Waals surface area contributed by atoms with Crippen molar-refractivity contribution in [3.8, 4) is 0 Å². The Balaban J connectivity index is 2.01. The topological polar surface area (TPSA) is 70.6 Å². The van der Waals surface area contributed by atoms with E-state index in [9.17, 15) is 0 Å². The molecule has 4 nitrogen and oxygen atoms in total. The van der Waals surface area contributed by atoms with Gasteiger partial charge in [0.1, 0.15) is 5.84 Å². The standard InChI is InChI=1S/C13H17BrClN3O/c1-8-4-9(14)11(5-10(8)15)17-7-13(2-3-13)6-12(16)18-19/h4-5,17,19H,2-3,6-7H2,1H3,(H2,16,18). The van der Waals surface area contributed by atoms with Crippen LogP contribution in [0.15, 0.2) is 21.8 Å². The molecular formula is C13H17BrClN3O. The van der Waals surface area contributed by atoms with Crippen LogP contribution in [0.25, 0.3) is 0 Å². The van der Waals surface area contributed by atoms with Gasteiger partial charge in [-0.2, -0.15) is 0 Å². The van der Waals surface area contributed by atoms with Gasteiger partial charge in [0.2, 0.25) is 0 Å². The van der Waals surface area contributed by atoms with Crippen molar-refractivity contribution in [2.24, 2.45) is 16.3 Å². The highest BCUT2D eigenvalue weighted by molar-refractivity contribution is 9.10. The van der Waals surface area contributed by atoms with Crippen LogP contribution in [-0.4, -0.2) is 17.6 Å². The highest BCUT2D eigenvalue weighted by Gasteiger charge is 2.43. The Hall–Kier alpha value is -0.940.